The molecule has 0 radical (unpaired) electrons. The summed E-state index contributed by atoms with van der Waals surface area (Å²) >= 11 is 0. The van der Waals surface area contributed by atoms with Crippen molar-refractivity contribution in [2.24, 2.45) is 0 Å². The van der Waals surface area contributed by atoms with E-state index in [4.69, 9.17) is 4.74 Å². The number of carboxylic acids is 1. The number of ether oxygens (including phenoxy) is 1. The molecule has 1 aromatic carbocycles. The van der Waals surface area contributed by atoms with Crippen molar-refractivity contribution in [3.05, 3.63) is 29.8 Å². The molecule has 7 heteroatoms. The fourth-order valence-electron chi connectivity index (χ4n) is 2.37. The maximum absolute atomic E-state index is 12.0. The van der Waals surface area contributed by atoms with Crippen LogP contribution < -0.4 is 15.4 Å². The number of methoxy groups -OCH3 is 1. The van der Waals surface area contributed by atoms with Crippen LogP contribution in [0.25, 0.3) is 0 Å². The van der Waals surface area contributed by atoms with E-state index in [1.165, 1.54) is 7.11 Å². The van der Waals surface area contributed by atoms with Crippen molar-refractivity contribution in [2.45, 2.75) is 31.3 Å². The average molecular weight is 306 g/mol. The van der Waals surface area contributed by atoms with Crippen molar-refractivity contribution in [1.82, 2.24) is 10.6 Å². The van der Waals surface area contributed by atoms with Gasteiger partial charge in [0.15, 0.2) is 0 Å². The van der Waals surface area contributed by atoms with E-state index in [1.54, 1.807) is 24.3 Å². The highest BCUT2D eigenvalue weighted by atomic mass is 16.5. The lowest BCUT2D eigenvalue weighted by molar-refractivity contribution is -0.142. The maximum atomic E-state index is 12.0. The van der Waals surface area contributed by atoms with Crippen LogP contribution in [0.15, 0.2) is 24.3 Å². The third-order valence-corrected chi connectivity index (χ3v) is 3.54. The minimum Gasteiger partial charge on any atom is -0.496 e. The Kier molecular flexibility index (Phi) is 4.98. The summed E-state index contributed by atoms with van der Waals surface area (Å²) in [6.45, 7) is 0. The summed E-state index contributed by atoms with van der Waals surface area (Å²) < 4.78 is 5.18. The lowest BCUT2D eigenvalue weighted by Crippen LogP contribution is -2.49. The maximum Gasteiger partial charge on any atom is 0.326 e. The summed E-state index contributed by atoms with van der Waals surface area (Å²) in [5.41, 5.74) is 0.688. The van der Waals surface area contributed by atoms with E-state index in [1.807, 2.05) is 0 Å². The van der Waals surface area contributed by atoms with Crippen LogP contribution in [-0.4, -0.2) is 42.1 Å². The predicted octanol–water partition coefficient (Wildman–Crippen LogP) is 0.0857. The Morgan fingerprint density at radius 3 is 2.77 bits per heavy atom. The van der Waals surface area contributed by atoms with Gasteiger partial charge in [0.05, 0.1) is 7.11 Å². The van der Waals surface area contributed by atoms with Crippen LogP contribution in [0.5, 0.6) is 5.75 Å². The van der Waals surface area contributed by atoms with Gasteiger partial charge in [-0.05, 0) is 18.1 Å². The molecule has 1 aliphatic rings. The number of carbonyl (C=O) groups excluding carboxylic acids is 2. The van der Waals surface area contributed by atoms with E-state index in [2.05, 4.69) is 10.6 Å². The van der Waals surface area contributed by atoms with E-state index >= 15 is 0 Å². The van der Waals surface area contributed by atoms with Crippen LogP contribution in [-0.2, 0) is 20.8 Å². The minimum absolute atomic E-state index is 0.103. The zero-order chi connectivity index (χ0) is 16.1. The second-order valence-corrected chi connectivity index (χ2v) is 5.07. The second kappa shape index (κ2) is 6.93. The molecule has 118 valence electrons. The van der Waals surface area contributed by atoms with Crippen molar-refractivity contribution >= 4 is 17.8 Å². The fourth-order valence-corrected chi connectivity index (χ4v) is 2.37. The Bertz CT molecular complexity index is 587. The highest BCUT2D eigenvalue weighted by molar-refractivity contribution is 5.92. The molecule has 0 bridgehead atoms. The molecule has 3 N–H and O–H groups in total. The third-order valence-electron chi connectivity index (χ3n) is 3.54. The standard InChI is InChI=1S/C15H18N2O5/c1-22-12-5-3-2-4-9(12)8-11(15(20)21)17-14(19)10-6-7-13(18)16-10/h2-5,10-11H,6-8H2,1H3,(H,16,18)(H,17,19)(H,20,21)/t10-,11-/m1/s1. The molecule has 2 rings (SSSR count). The molecule has 1 fully saturated rings. The number of carboxylic acid groups (broad SMARTS) is 1. The van der Waals surface area contributed by atoms with Gasteiger partial charge in [-0.1, -0.05) is 18.2 Å². The smallest absolute Gasteiger partial charge is 0.326 e. The van der Waals surface area contributed by atoms with Gasteiger partial charge in [0.25, 0.3) is 0 Å². The van der Waals surface area contributed by atoms with E-state index in [-0.39, 0.29) is 18.7 Å². The van der Waals surface area contributed by atoms with Crippen LogP contribution in [0.4, 0.5) is 0 Å². The van der Waals surface area contributed by atoms with Gasteiger partial charge in [0.2, 0.25) is 11.8 Å². The van der Waals surface area contributed by atoms with E-state index in [0.717, 1.165) is 0 Å². The van der Waals surface area contributed by atoms with Crippen molar-refractivity contribution in [2.75, 3.05) is 7.11 Å². The molecular formula is C15H18N2O5. The SMILES string of the molecule is COc1ccccc1C[C@@H](NC(=O)[C@H]1CCC(=O)N1)C(=O)O. The number of para-hydroxylation sites is 1. The van der Waals surface area contributed by atoms with Gasteiger partial charge in [-0.25, -0.2) is 4.79 Å². The topological polar surface area (TPSA) is 105 Å². The number of rotatable bonds is 6. The number of carbonyl (C=O) groups is 3. The van der Waals surface area contributed by atoms with Gasteiger partial charge in [0, 0.05) is 12.8 Å². The molecule has 7 nitrogen and oxygen atoms in total. The van der Waals surface area contributed by atoms with Crippen LogP contribution in [0.2, 0.25) is 0 Å². The van der Waals surface area contributed by atoms with Crippen molar-refractivity contribution in [3.63, 3.8) is 0 Å². The zero-order valence-electron chi connectivity index (χ0n) is 12.2. The summed E-state index contributed by atoms with van der Waals surface area (Å²) in [4.78, 5) is 34.5. The summed E-state index contributed by atoms with van der Waals surface area (Å²) in [6.07, 6.45) is 0.764. The van der Waals surface area contributed by atoms with Crippen molar-refractivity contribution in [1.29, 1.82) is 0 Å². The van der Waals surface area contributed by atoms with E-state index in [9.17, 15) is 19.5 Å². The van der Waals surface area contributed by atoms with Gasteiger partial charge in [0.1, 0.15) is 17.8 Å². The number of aliphatic carboxylic acids is 1. The monoisotopic (exact) mass is 306 g/mol. The largest absolute Gasteiger partial charge is 0.496 e. The first-order valence-electron chi connectivity index (χ1n) is 6.95. The quantitative estimate of drug-likeness (QED) is 0.690. The summed E-state index contributed by atoms with van der Waals surface area (Å²) in [6, 6.07) is 5.29. The molecule has 2 atom stereocenters. The zero-order valence-corrected chi connectivity index (χ0v) is 12.2. The molecule has 1 aromatic rings. The Balaban J connectivity index is 2.05. The number of benzene rings is 1. The highest BCUT2D eigenvalue weighted by Gasteiger charge is 2.30. The Morgan fingerprint density at radius 1 is 1.45 bits per heavy atom. The number of hydrogen-bond donors (Lipinski definition) is 3. The minimum atomic E-state index is -1.14. The first-order valence-corrected chi connectivity index (χ1v) is 6.95. The van der Waals surface area contributed by atoms with Gasteiger partial charge in [-0.2, -0.15) is 0 Å². The van der Waals surface area contributed by atoms with Crippen LogP contribution in [0.3, 0.4) is 0 Å². The number of nitrogens with one attached hydrogen (secondary N) is 2. The normalized spacial score (nSPS) is 18.4. The van der Waals surface area contributed by atoms with Gasteiger partial charge in [-0.3, -0.25) is 9.59 Å². The van der Waals surface area contributed by atoms with Crippen LogP contribution in [0.1, 0.15) is 18.4 Å². The van der Waals surface area contributed by atoms with Gasteiger partial charge >= 0.3 is 5.97 Å². The summed E-state index contributed by atoms with van der Waals surface area (Å²) in [7, 11) is 1.50. The van der Waals surface area contributed by atoms with Crippen molar-refractivity contribution < 1.29 is 24.2 Å². The predicted molar refractivity (Wildman–Crippen MR) is 77.4 cm³/mol. The van der Waals surface area contributed by atoms with Crippen LogP contribution >= 0.6 is 0 Å². The molecule has 1 aliphatic heterocycles. The van der Waals surface area contributed by atoms with Crippen LogP contribution in [0, 0.1) is 0 Å². The molecule has 0 aliphatic carbocycles. The molecule has 0 aromatic heterocycles. The number of hydrogen-bond acceptors (Lipinski definition) is 4. The Morgan fingerprint density at radius 2 is 2.18 bits per heavy atom. The molecular weight excluding hydrogens is 288 g/mol. The molecule has 0 unspecified atom stereocenters. The average Bonchev–Trinajstić information content (AvgIpc) is 2.93. The molecule has 22 heavy (non-hydrogen) atoms. The Labute approximate surface area is 127 Å². The molecule has 0 spiro atoms. The second-order valence-electron chi connectivity index (χ2n) is 5.07. The number of amides is 2. The molecule has 1 saturated heterocycles. The Hall–Kier alpha value is -2.57. The van der Waals surface area contributed by atoms with Gasteiger partial charge < -0.3 is 20.5 Å². The third kappa shape index (κ3) is 3.75. The highest BCUT2D eigenvalue weighted by Crippen LogP contribution is 2.19. The molecule has 0 saturated carbocycles. The van der Waals surface area contributed by atoms with Crippen molar-refractivity contribution in [3.8, 4) is 5.75 Å². The summed E-state index contributed by atoms with van der Waals surface area (Å²) in [5.74, 6) is -1.24. The fraction of sp³-hybridized carbons (Fsp3) is 0.400. The molecule has 2 amide bonds. The van der Waals surface area contributed by atoms with E-state index < -0.39 is 24.0 Å². The lowest BCUT2D eigenvalue weighted by Gasteiger charge is -2.18. The van der Waals surface area contributed by atoms with Gasteiger partial charge in [-0.15, -0.1) is 0 Å². The summed E-state index contributed by atoms with van der Waals surface area (Å²) in [5, 5.41) is 14.3. The first kappa shape index (κ1) is 15.8. The first-order chi connectivity index (χ1) is 10.5. The lowest BCUT2D eigenvalue weighted by atomic mass is 10.0. The van der Waals surface area contributed by atoms with E-state index in [0.29, 0.717) is 17.7 Å². The molecule has 1 heterocycles.